The first kappa shape index (κ1) is 16.9. The maximum absolute atomic E-state index is 6.62. The second-order valence-electron chi connectivity index (χ2n) is 10.3. The van der Waals surface area contributed by atoms with Gasteiger partial charge in [0.1, 0.15) is 10.7 Å². The number of hydrogen-bond donors (Lipinski definition) is 0. The van der Waals surface area contributed by atoms with Crippen molar-refractivity contribution in [1.82, 2.24) is 4.67 Å². The van der Waals surface area contributed by atoms with Gasteiger partial charge in [-0.1, -0.05) is 13.8 Å². The second-order valence-corrected chi connectivity index (χ2v) is 13.2. The largest absolute Gasteiger partial charge is 0.337 e. The molecule has 1 aliphatic carbocycles. The fourth-order valence-corrected chi connectivity index (χ4v) is 10.9. The molecule has 6 atom stereocenters. The average molecular weight is 366 g/mol. The van der Waals surface area contributed by atoms with E-state index in [0.717, 1.165) is 19.3 Å². The zero-order valence-electron chi connectivity index (χ0n) is 16.5. The molecule has 0 unspecified atom stereocenters. The molecule has 0 aromatic carbocycles. The van der Waals surface area contributed by atoms with Gasteiger partial charge < -0.3 is 18.9 Å². The van der Waals surface area contributed by atoms with Crippen LogP contribution < -0.4 is 0 Å². The third kappa shape index (κ3) is 1.91. The van der Waals surface area contributed by atoms with Crippen molar-refractivity contribution in [3.8, 4) is 0 Å². The Hall–Kier alpha value is -0.220. The Morgan fingerprint density at radius 2 is 1.48 bits per heavy atom. The van der Waals surface area contributed by atoms with E-state index in [0.29, 0.717) is 6.04 Å². The molecule has 0 aromatic heterocycles. The van der Waals surface area contributed by atoms with E-state index in [2.05, 4.69) is 59.5 Å². The van der Waals surface area contributed by atoms with Gasteiger partial charge in [-0.3, -0.25) is 4.99 Å². The SMILES string of the molecule is CC1(C)[C@@H]2CC[C@@]1(C)N=CN2P1[C@@]2(C)C[C@]3(C)O[C@@](C)(C[C@@]1(C)O3)O2. The van der Waals surface area contributed by atoms with Crippen LogP contribution in [0.5, 0.6) is 0 Å². The molecule has 0 spiro atoms. The fraction of sp³-hybridized carbons (Fsp3) is 0.947. The Morgan fingerprint density at radius 3 is 2.04 bits per heavy atom. The van der Waals surface area contributed by atoms with Gasteiger partial charge in [0.05, 0.1) is 19.9 Å². The molecule has 6 bridgehead atoms. The Balaban J connectivity index is 1.61. The van der Waals surface area contributed by atoms with E-state index in [1.807, 2.05) is 0 Å². The zero-order valence-corrected chi connectivity index (χ0v) is 17.4. The fourth-order valence-electron chi connectivity index (χ4n) is 6.67. The highest BCUT2D eigenvalue weighted by Crippen LogP contribution is 2.79. The summed E-state index contributed by atoms with van der Waals surface area (Å²) >= 11 is 0. The van der Waals surface area contributed by atoms with Crippen molar-refractivity contribution in [2.75, 3.05) is 0 Å². The number of ether oxygens (including phenoxy) is 3. The molecule has 1 saturated carbocycles. The van der Waals surface area contributed by atoms with Crippen molar-refractivity contribution in [1.29, 1.82) is 0 Å². The Labute approximate surface area is 152 Å². The molecule has 25 heavy (non-hydrogen) atoms. The first-order valence-corrected chi connectivity index (χ1v) is 10.9. The van der Waals surface area contributed by atoms with Gasteiger partial charge in [-0.25, -0.2) is 0 Å². The maximum Gasteiger partial charge on any atom is 0.173 e. The minimum absolute atomic E-state index is 0.0567. The number of rotatable bonds is 1. The van der Waals surface area contributed by atoms with Crippen molar-refractivity contribution in [3.05, 3.63) is 0 Å². The molecule has 6 heteroatoms. The van der Waals surface area contributed by atoms with Crippen molar-refractivity contribution < 1.29 is 14.2 Å². The molecule has 5 aliphatic heterocycles. The third-order valence-electron chi connectivity index (χ3n) is 7.63. The lowest BCUT2D eigenvalue weighted by atomic mass is 9.74. The number of fused-ring (bicyclic) bond motifs is 2. The van der Waals surface area contributed by atoms with Crippen LogP contribution >= 0.6 is 8.07 Å². The van der Waals surface area contributed by atoms with E-state index in [9.17, 15) is 0 Å². The monoisotopic (exact) mass is 366 g/mol. The summed E-state index contributed by atoms with van der Waals surface area (Å²) in [5.74, 6) is -1.08. The summed E-state index contributed by atoms with van der Waals surface area (Å²) in [6.45, 7) is 15.8. The van der Waals surface area contributed by atoms with E-state index in [-0.39, 0.29) is 21.6 Å². The van der Waals surface area contributed by atoms with Crippen LogP contribution in [0.25, 0.3) is 0 Å². The van der Waals surface area contributed by atoms with Gasteiger partial charge in [0.2, 0.25) is 0 Å². The molecule has 0 aromatic rings. The highest BCUT2D eigenvalue weighted by molar-refractivity contribution is 7.59. The Bertz CT molecular complexity index is 636. The molecule has 5 fully saturated rings. The molecule has 4 saturated heterocycles. The summed E-state index contributed by atoms with van der Waals surface area (Å²) in [5, 5.41) is -0.471. The predicted molar refractivity (Wildman–Crippen MR) is 98.6 cm³/mol. The normalized spacial score (nSPS) is 61.2. The third-order valence-corrected chi connectivity index (χ3v) is 10.8. The standard InChI is InChI=1S/C19H31N2O3P/c1-14(2)13-8-9-15(14,3)20-12-21(13)25-18(6)10-16(4)22-17(5,24-18)11-19(25,7)23-16/h12-13H,8-11H2,1-7H3/t13-,15+,16+,17+,18-,19-/m0/s1. The molecule has 0 radical (unpaired) electrons. The summed E-state index contributed by atoms with van der Waals surface area (Å²) in [5.41, 5.74) is 0.219. The maximum atomic E-state index is 6.62. The van der Waals surface area contributed by atoms with Crippen LogP contribution in [0.4, 0.5) is 0 Å². The highest BCUT2D eigenvalue weighted by Gasteiger charge is 2.74. The van der Waals surface area contributed by atoms with Gasteiger partial charge in [0, 0.05) is 24.3 Å². The molecule has 5 nitrogen and oxygen atoms in total. The summed E-state index contributed by atoms with van der Waals surface area (Å²) in [7, 11) is -0.692. The molecule has 0 N–H and O–H groups in total. The van der Waals surface area contributed by atoms with Gasteiger partial charge >= 0.3 is 0 Å². The molecule has 5 heterocycles. The molecular weight excluding hydrogens is 335 g/mol. The quantitative estimate of drug-likeness (QED) is 0.645. The lowest BCUT2D eigenvalue weighted by Crippen LogP contribution is -2.73. The first-order chi connectivity index (χ1) is 11.3. The highest BCUT2D eigenvalue weighted by atomic mass is 31.1. The van der Waals surface area contributed by atoms with Crippen LogP contribution in [0, 0.1) is 5.41 Å². The second kappa shape index (κ2) is 4.27. The van der Waals surface area contributed by atoms with Crippen molar-refractivity contribution in [3.63, 3.8) is 0 Å². The van der Waals surface area contributed by atoms with Gasteiger partial charge in [0.15, 0.2) is 11.6 Å². The zero-order chi connectivity index (χ0) is 18.1. The van der Waals surface area contributed by atoms with Gasteiger partial charge in [0.25, 0.3) is 0 Å². The van der Waals surface area contributed by atoms with Crippen LogP contribution in [0.2, 0.25) is 0 Å². The predicted octanol–water partition coefficient (Wildman–Crippen LogP) is 4.41. The van der Waals surface area contributed by atoms with Crippen LogP contribution in [-0.2, 0) is 14.2 Å². The summed E-state index contributed by atoms with van der Waals surface area (Å²) in [4.78, 5) is 5.06. The summed E-state index contributed by atoms with van der Waals surface area (Å²) in [6.07, 6.45) is 6.07. The van der Waals surface area contributed by atoms with Crippen LogP contribution in [0.3, 0.4) is 0 Å². The molecule has 6 rings (SSSR count). The van der Waals surface area contributed by atoms with Crippen molar-refractivity contribution in [2.24, 2.45) is 10.4 Å². The van der Waals surface area contributed by atoms with Gasteiger partial charge in [-0.15, -0.1) is 0 Å². The minimum atomic E-state index is -0.692. The van der Waals surface area contributed by atoms with Crippen molar-refractivity contribution >= 4 is 14.4 Å². The van der Waals surface area contributed by atoms with E-state index in [4.69, 9.17) is 19.2 Å². The topological polar surface area (TPSA) is 43.3 Å². The van der Waals surface area contributed by atoms with E-state index in [1.54, 1.807) is 0 Å². The Kier molecular flexibility index (Phi) is 2.89. The van der Waals surface area contributed by atoms with Crippen LogP contribution in [0.15, 0.2) is 4.99 Å². The minimum Gasteiger partial charge on any atom is -0.337 e. The lowest BCUT2D eigenvalue weighted by molar-refractivity contribution is -0.469. The van der Waals surface area contributed by atoms with Gasteiger partial charge in [-0.05, 0) is 47.5 Å². The number of nitrogens with zero attached hydrogens (tertiary/aromatic N) is 2. The van der Waals surface area contributed by atoms with Crippen LogP contribution in [-0.4, -0.2) is 44.8 Å². The molecule has 0 amide bonds. The molecule has 140 valence electrons. The molecule has 6 aliphatic rings. The average Bonchev–Trinajstić information content (AvgIpc) is 2.50. The smallest absolute Gasteiger partial charge is 0.173 e. The summed E-state index contributed by atoms with van der Waals surface area (Å²) in [6, 6.07) is 0.501. The number of hydrogen-bond acceptors (Lipinski definition) is 5. The first-order valence-electron chi connectivity index (χ1n) is 9.58. The lowest BCUT2D eigenvalue weighted by Gasteiger charge is -2.71. The number of aliphatic imine (C=N–C) groups is 1. The summed E-state index contributed by atoms with van der Waals surface area (Å²) < 4.78 is 22.0. The molecular formula is C19H31N2O3P. The van der Waals surface area contributed by atoms with Crippen molar-refractivity contribution in [2.45, 2.75) is 108 Å². The van der Waals surface area contributed by atoms with E-state index < -0.39 is 19.6 Å². The van der Waals surface area contributed by atoms with Gasteiger partial charge in [-0.2, -0.15) is 0 Å². The Morgan fingerprint density at radius 1 is 0.920 bits per heavy atom. The van der Waals surface area contributed by atoms with E-state index in [1.165, 1.54) is 6.42 Å². The van der Waals surface area contributed by atoms with E-state index >= 15 is 0 Å². The van der Waals surface area contributed by atoms with Crippen LogP contribution in [0.1, 0.15) is 74.1 Å².